The molecular weight excluding hydrogens is 274 g/mol. The van der Waals surface area contributed by atoms with Crippen molar-refractivity contribution in [2.24, 2.45) is 5.92 Å². The summed E-state index contributed by atoms with van der Waals surface area (Å²) in [5.74, 6) is 1.72. The molecule has 1 unspecified atom stereocenters. The highest BCUT2D eigenvalue weighted by molar-refractivity contribution is 7.71. The molecule has 102 valence electrons. The third-order valence-electron chi connectivity index (χ3n) is 4.22. The van der Waals surface area contributed by atoms with E-state index in [1.165, 1.54) is 37.7 Å². The molecule has 1 aliphatic carbocycles. The first kappa shape index (κ1) is 13.1. The van der Waals surface area contributed by atoms with Crippen molar-refractivity contribution in [3.8, 4) is 11.4 Å². The molecule has 1 saturated carbocycles. The molecule has 5 heteroatoms. The molecule has 1 fully saturated rings. The lowest BCUT2D eigenvalue weighted by Gasteiger charge is -2.29. The highest BCUT2D eigenvalue weighted by Gasteiger charge is 2.24. The molecule has 0 saturated heterocycles. The normalized spacial score (nSPS) is 18.6. The predicted octanol–water partition coefficient (Wildman–Crippen LogP) is 4.81. The minimum absolute atomic E-state index is 0.432. The average Bonchev–Trinajstić information content (AvgIpc) is 3.08. The van der Waals surface area contributed by atoms with Gasteiger partial charge in [0, 0.05) is 17.0 Å². The van der Waals surface area contributed by atoms with Crippen molar-refractivity contribution in [2.45, 2.75) is 45.1 Å². The quantitative estimate of drug-likeness (QED) is 0.824. The first-order valence-corrected chi connectivity index (χ1v) is 8.32. The number of rotatable bonds is 3. The van der Waals surface area contributed by atoms with Crippen molar-refractivity contribution >= 4 is 23.6 Å². The zero-order chi connectivity index (χ0) is 13.2. The molecule has 1 atom stereocenters. The number of H-pyrrole nitrogens is 1. The lowest BCUT2D eigenvalue weighted by molar-refractivity contribution is 0.263. The molecule has 0 radical (unpaired) electrons. The van der Waals surface area contributed by atoms with Crippen LogP contribution in [0.4, 0.5) is 0 Å². The van der Waals surface area contributed by atoms with Gasteiger partial charge in [-0.15, -0.1) is 0 Å². The number of nitrogens with zero attached hydrogens (tertiary/aromatic N) is 2. The van der Waals surface area contributed by atoms with E-state index in [1.807, 2.05) is 0 Å². The second-order valence-electron chi connectivity index (χ2n) is 5.37. The first-order valence-electron chi connectivity index (χ1n) is 6.97. The molecule has 0 aromatic carbocycles. The summed E-state index contributed by atoms with van der Waals surface area (Å²) in [6.45, 7) is 2.29. The van der Waals surface area contributed by atoms with Gasteiger partial charge in [-0.3, -0.25) is 9.67 Å². The molecule has 1 aliphatic rings. The van der Waals surface area contributed by atoms with E-state index in [9.17, 15) is 0 Å². The van der Waals surface area contributed by atoms with Crippen LogP contribution < -0.4 is 0 Å². The predicted molar refractivity (Wildman–Crippen MR) is 82.0 cm³/mol. The number of aromatic amines is 1. The summed E-state index contributed by atoms with van der Waals surface area (Å²) in [4.78, 5) is 0. The van der Waals surface area contributed by atoms with Gasteiger partial charge in [-0.25, -0.2) is 0 Å². The number of aromatic nitrogens is 3. The van der Waals surface area contributed by atoms with Crippen LogP contribution in [0.1, 0.15) is 45.1 Å². The zero-order valence-electron chi connectivity index (χ0n) is 11.1. The van der Waals surface area contributed by atoms with E-state index in [2.05, 4.69) is 38.5 Å². The highest BCUT2D eigenvalue weighted by atomic mass is 32.1. The maximum absolute atomic E-state index is 5.44. The third kappa shape index (κ3) is 2.54. The Bertz CT molecular complexity index is 576. The summed E-state index contributed by atoms with van der Waals surface area (Å²) >= 11 is 7.14. The van der Waals surface area contributed by atoms with Crippen molar-refractivity contribution in [3.05, 3.63) is 21.6 Å². The van der Waals surface area contributed by atoms with Gasteiger partial charge in [-0.1, -0.05) is 19.3 Å². The van der Waals surface area contributed by atoms with E-state index in [-0.39, 0.29) is 0 Å². The fraction of sp³-hybridized carbons (Fsp3) is 0.571. The summed E-state index contributed by atoms with van der Waals surface area (Å²) in [6, 6.07) is 2.54. The molecule has 2 aromatic rings. The van der Waals surface area contributed by atoms with E-state index < -0.39 is 0 Å². The standard InChI is InChI=1S/C14H19N3S2/c1-10(11-5-3-2-4-6-11)17-13(15-16-14(17)18)12-7-8-19-9-12/h7-11H,2-6H2,1H3,(H,16,18). The Morgan fingerprint density at radius 2 is 2.21 bits per heavy atom. The van der Waals surface area contributed by atoms with Crippen LogP contribution >= 0.6 is 23.6 Å². The minimum atomic E-state index is 0.432. The van der Waals surface area contributed by atoms with Gasteiger partial charge >= 0.3 is 0 Å². The van der Waals surface area contributed by atoms with Crippen LogP contribution in [0.2, 0.25) is 0 Å². The van der Waals surface area contributed by atoms with Gasteiger partial charge < -0.3 is 0 Å². The molecular formula is C14H19N3S2. The van der Waals surface area contributed by atoms with Crippen molar-refractivity contribution in [1.29, 1.82) is 0 Å². The molecule has 1 N–H and O–H groups in total. The largest absolute Gasteiger partial charge is 0.297 e. The Balaban J connectivity index is 1.95. The Morgan fingerprint density at radius 3 is 2.89 bits per heavy atom. The molecule has 19 heavy (non-hydrogen) atoms. The molecule has 2 heterocycles. The summed E-state index contributed by atoms with van der Waals surface area (Å²) in [6.07, 6.45) is 6.73. The summed E-state index contributed by atoms with van der Waals surface area (Å²) < 4.78 is 2.96. The topological polar surface area (TPSA) is 33.6 Å². The Hall–Kier alpha value is -0.940. The van der Waals surface area contributed by atoms with Crippen LogP contribution in [0.15, 0.2) is 16.8 Å². The third-order valence-corrected chi connectivity index (χ3v) is 5.19. The van der Waals surface area contributed by atoms with Crippen molar-refractivity contribution in [2.75, 3.05) is 0 Å². The van der Waals surface area contributed by atoms with E-state index in [4.69, 9.17) is 12.2 Å². The number of nitrogens with one attached hydrogen (secondary N) is 1. The molecule has 0 spiro atoms. The smallest absolute Gasteiger partial charge is 0.195 e. The van der Waals surface area contributed by atoms with Crippen LogP contribution in [0.3, 0.4) is 0 Å². The van der Waals surface area contributed by atoms with Gasteiger partial charge in [0.05, 0.1) is 0 Å². The van der Waals surface area contributed by atoms with Crippen LogP contribution in [0.25, 0.3) is 11.4 Å². The van der Waals surface area contributed by atoms with Gasteiger partial charge in [0.2, 0.25) is 0 Å². The van der Waals surface area contributed by atoms with Gasteiger partial charge in [0.1, 0.15) is 0 Å². The van der Waals surface area contributed by atoms with Crippen molar-refractivity contribution in [3.63, 3.8) is 0 Å². The Labute approximate surface area is 122 Å². The van der Waals surface area contributed by atoms with Crippen LogP contribution in [-0.4, -0.2) is 14.8 Å². The van der Waals surface area contributed by atoms with Gasteiger partial charge in [0.15, 0.2) is 10.6 Å². The summed E-state index contributed by atoms with van der Waals surface area (Å²) in [5, 5.41) is 11.6. The molecule has 0 bridgehead atoms. The number of thiophene rings is 1. The zero-order valence-corrected chi connectivity index (χ0v) is 12.8. The fourth-order valence-electron chi connectivity index (χ4n) is 3.11. The highest BCUT2D eigenvalue weighted by Crippen LogP contribution is 2.35. The molecule has 2 aromatic heterocycles. The van der Waals surface area contributed by atoms with Gasteiger partial charge in [0.25, 0.3) is 0 Å². The summed E-state index contributed by atoms with van der Waals surface area (Å²) in [5.41, 5.74) is 1.17. The second kappa shape index (κ2) is 5.59. The van der Waals surface area contributed by atoms with E-state index in [0.717, 1.165) is 16.5 Å². The van der Waals surface area contributed by atoms with Gasteiger partial charge in [-0.05, 0) is 49.3 Å². The molecule has 0 aliphatic heterocycles. The monoisotopic (exact) mass is 293 g/mol. The van der Waals surface area contributed by atoms with E-state index in [1.54, 1.807) is 11.3 Å². The Morgan fingerprint density at radius 1 is 1.42 bits per heavy atom. The minimum Gasteiger partial charge on any atom is -0.297 e. The lowest BCUT2D eigenvalue weighted by Crippen LogP contribution is -2.20. The average molecular weight is 293 g/mol. The van der Waals surface area contributed by atoms with E-state index >= 15 is 0 Å². The van der Waals surface area contributed by atoms with Crippen LogP contribution in [0, 0.1) is 10.7 Å². The fourth-order valence-corrected chi connectivity index (χ4v) is 4.04. The van der Waals surface area contributed by atoms with Crippen LogP contribution in [-0.2, 0) is 0 Å². The van der Waals surface area contributed by atoms with Gasteiger partial charge in [-0.2, -0.15) is 16.4 Å². The maximum Gasteiger partial charge on any atom is 0.195 e. The van der Waals surface area contributed by atoms with Crippen molar-refractivity contribution in [1.82, 2.24) is 14.8 Å². The van der Waals surface area contributed by atoms with Crippen LogP contribution in [0.5, 0.6) is 0 Å². The second-order valence-corrected chi connectivity index (χ2v) is 6.54. The number of hydrogen-bond acceptors (Lipinski definition) is 3. The molecule has 3 nitrogen and oxygen atoms in total. The number of hydrogen-bond donors (Lipinski definition) is 1. The SMILES string of the molecule is CC(C1CCCCC1)n1c(-c2ccsc2)n[nH]c1=S. The lowest BCUT2D eigenvalue weighted by atomic mass is 9.84. The van der Waals surface area contributed by atoms with Crippen molar-refractivity contribution < 1.29 is 0 Å². The first-order chi connectivity index (χ1) is 9.27. The molecule has 0 amide bonds. The maximum atomic E-state index is 5.44. The Kier molecular flexibility index (Phi) is 3.84. The van der Waals surface area contributed by atoms with E-state index in [0.29, 0.717) is 6.04 Å². The summed E-state index contributed by atoms with van der Waals surface area (Å²) in [7, 11) is 0. The molecule has 3 rings (SSSR count).